The summed E-state index contributed by atoms with van der Waals surface area (Å²) < 4.78 is 5.17. The fourth-order valence-electron chi connectivity index (χ4n) is 1.39. The number of hydrogen-bond acceptors (Lipinski definition) is 3. The number of rotatable bonds is 9. The van der Waals surface area contributed by atoms with Gasteiger partial charge in [0.2, 0.25) is 0 Å². The summed E-state index contributed by atoms with van der Waals surface area (Å²) >= 11 is 0. The third-order valence-corrected chi connectivity index (χ3v) is 2.49. The van der Waals surface area contributed by atoms with Crippen LogP contribution in [0.25, 0.3) is 0 Å². The molecule has 0 aromatic heterocycles. The molecule has 0 saturated carbocycles. The molecular formula is C12H25NO2. The van der Waals surface area contributed by atoms with E-state index in [1.54, 1.807) is 0 Å². The van der Waals surface area contributed by atoms with Gasteiger partial charge in [0.1, 0.15) is 0 Å². The van der Waals surface area contributed by atoms with Crippen LogP contribution in [-0.4, -0.2) is 19.1 Å². The molecule has 90 valence electrons. The van der Waals surface area contributed by atoms with Crippen LogP contribution in [0.15, 0.2) is 0 Å². The van der Waals surface area contributed by atoms with Crippen LogP contribution in [0.3, 0.4) is 0 Å². The highest BCUT2D eigenvalue weighted by molar-refractivity contribution is 5.71. The molecule has 0 rings (SSSR count). The standard InChI is InChI=1S/C12H25NO2/c1-3-4-5-6-10-15-12(14)11(2)8-7-9-13/h11H,3-10,13H2,1-2H3. The normalized spacial score (nSPS) is 12.5. The second-order valence-electron chi connectivity index (χ2n) is 4.06. The lowest BCUT2D eigenvalue weighted by Gasteiger charge is -2.10. The van der Waals surface area contributed by atoms with Crippen molar-refractivity contribution in [2.75, 3.05) is 13.2 Å². The average Bonchev–Trinajstić information content (AvgIpc) is 2.25. The molecular weight excluding hydrogens is 190 g/mol. The minimum atomic E-state index is -0.0695. The highest BCUT2D eigenvalue weighted by Gasteiger charge is 2.12. The Morgan fingerprint density at radius 1 is 1.27 bits per heavy atom. The zero-order valence-corrected chi connectivity index (χ0v) is 10.1. The number of unbranched alkanes of at least 4 members (excludes halogenated alkanes) is 3. The SMILES string of the molecule is CCCCCCOC(=O)C(C)CCCN. The molecule has 3 nitrogen and oxygen atoms in total. The van der Waals surface area contributed by atoms with Gasteiger partial charge >= 0.3 is 5.97 Å². The van der Waals surface area contributed by atoms with E-state index in [9.17, 15) is 4.79 Å². The van der Waals surface area contributed by atoms with Crippen molar-refractivity contribution in [3.05, 3.63) is 0 Å². The topological polar surface area (TPSA) is 52.3 Å². The Morgan fingerprint density at radius 2 is 2.00 bits per heavy atom. The molecule has 0 aromatic carbocycles. The van der Waals surface area contributed by atoms with Crippen LogP contribution >= 0.6 is 0 Å². The van der Waals surface area contributed by atoms with Crippen LogP contribution in [0.2, 0.25) is 0 Å². The maximum Gasteiger partial charge on any atom is 0.308 e. The first-order chi connectivity index (χ1) is 7.22. The molecule has 0 bridgehead atoms. The van der Waals surface area contributed by atoms with Gasteiger partial charge in [0.25, 0.3) is 0 Å². The summed E-state index contributed by atoms with van der Waals surface area (Å²) in [5.74, 6) is -0.0697. The number of carbonyl (C=O) groups is 1. The van der Waals surface area contributed by atoms with Gasteiger partial charge < -0.3 is 10.5 Å². The third-order valence-electron chi connectivity index (χ3n) is 2.49. The van der Waals surface area contributed by atoms with E-state index in [1.165, 1.54) is 12.8 Å². The van der Waals surface area contributed by atoms with Crippen LogP contribution in [-0.2, 0) is 9.53 Å². The van der Waals surface area contributed by atoms with E-state index in [4.69, 9.17) is 10.5 Å². The molecule has 3 heteroatoms. The van der Waals surface area contributed by atoms with Crippen molar-refractivity contribution >= 4 is 5.97 Å². The summed E-state index contributed by atoms with van der Waals surface area (Å²) in [5.41, 5.74) is 5.38. The van der Waals surface area contributed by atoms with Crippen molar-refractivity contribution in [2.45, 2.75) is 52.4 Å². The number of esters is 1. The van der Waals surface area contributed by atoms with Crippen molar-refractivity contribution in [1.29, 1.82) is 0 Å². The smallest absolute Gasteiger partial charge is 0.308 e. The molecule has 1 atom stereocenters. The van der Waals surface area contributed by atoms with E-state index >= 15 is 0 Å². The maximum absolute atomic E-state index is 11.4. The molecule has 0 amide bonds. The first-order valence-electron chi connectivity index (χ1n) is 6.09. The van der Waals surface area contributed by atoms with Gasteiger partial charge in [0, 0.05) is 0 Å². The molecule has 0 heterocycles. The fraction of sp³-hybridized carbons (Fsp3) is 0.917. The van der Waals surface area contributed by atoms with Gasteiger partial charge in [-0.2, -0.15) is 0 Å². The van der Waals surface area contributed by atoms with Gasteiger partial charge in [0.05, 0.1) is 12.5 Å². The molecule has 0 aliphatic carbocycles. The van der Waals surface area contributed by atoms with Gasteiger partial charge in [-0.25, -0.2) is 0 Å². The predicted octanol–water partition coefficient (Wildman–Crippen LogP) is 2.48. The van der Waals surface area contributed by atoms with Crippen LogP contribution < -0.4 is 5.73 Å². The van der Waals surface area contributed by atoms with E-state index in [2.05, 4.69) is 6.92 Å². The molecule has 0 radical (unpaired) electrons. The Hall–Kier alpha value is -0.570. The quantitative estimate of drug-likeness (QED) is 0.475. The second kappa shape index (κ2) is 9.97. The van der Waals surface area contributed by atoms with Crippen LogP contribution in [0.1, 0.15) is 52.4 Å². The van der Waals surface area contributed by atoms with Crippen molar-refractivity contribution < 1.29 is 9.53 Å². The first-order valence-corrected chi connectivity index (χ1v) is 6.09. The minimum absolute atomic E-state index is 0.000254. The molecule has 0 aliphatic rings. The van der Waals surface area contributed by atoms with Crippen molar-refractivity contribution in [3.8, 4) is 0 Å². The van der Waals surface area contributed by atoms with E-state index in [-0.39, 0.29) is 11.9 Å². The number of hydrogen-bond donors (Lipinski definition) is 1. The van der Waals surface area contributed by atoms with Gasteiger partial charge in [0.15, 0.2) is 0 Å². The predicted molar refractivity (Wildman–Crippen MR) is 62.6 cm³/mol. The van der Waals surface area contributed by atoms with Gasteiger partial charge in [-0.1, -0.05) is 33.1 Å². The lowest BCUT2D eigenvalue weighted by molar-refractivity contribution is -0.148. The number of carbonyl (C=O) groups excluding carboxylic acids is 1. The third kappa shape index (κ3) is 8.43. The fourth-order valence-corrected chi connectivity index (χ4v) is 1.39. The van der Waals surface area contributed by atoms with Crippen molar-refractivity contribution in [2.24, 2.45) is 11.7 Å². The van der Waals surface area contributed by atoms with E-state index in [0.29, 0.717) is 13.2 Å². The van der Waals surface area contributed by atoms with Crippen LogP contribution in [0.5, 0.6) is 0 Å². The minimum Gasteiger partial charge on any atom is -0.465 e. The molecule has 0 aromatic rings. The molecule has 0 saturated heterocycles. The van der Waals surface area contributed by atoms with Gasteiger partial charge in [-0.05, 0) is 25.8 Å². The monoisotopic (exact) mass is 215 g/mol. The molecule has 0 fully saturated rings. The molecule has 15 heavy (non-hydrogen) atoms. The number of ether oxygens (including phenoxy) is 1. The Labute approximate surface area is 93.4 Å². The van der Waals surface area contributed by atoms with Crippen LogP contribution in [0, 0.1) is 5.92 Å². The Bertz CT molecular complexity index is 160. The first kappa shape index (κ1) is 14.4. The Morgan fingerprint density at radius 3 is 2.60 bits per heavy atom. The maximum atomic E-state index is 11.4. The molecule has 2 N–H and O–H groups in total. The lowest BCUT2D eigenvalue weighted by atomic mass is 10.1. The second-order valence-corrected chi connectivity index (χ2v) is 4.06. The Kier molecular flexibility index (Phi) is 9.59. The highest BCUT2D eigenvalue weighted by Crippen LogP contribution is 2.08. The highest BCUT2D eigenvalue weighted by atomic mass is 16.5. The summed E-state index contributed by atoms with van der Waals surface area (Å²) in [4.78, 5) is 11.4. The summed E-state index contributed by atoms with van der Waals surface area (Å²) in [5, 5.41) is 0. The summed E-state index contributed by atoms with van der Waals surface area (Å²) in [6.07, 6.45) is 6.31. The lowest BCUT2D eigenvalue weighted by Crippen LogP contribution is -2.16. The van der Waals surface area contributed by atoms with Gasteiger partial charge in [-0.15, -0.1) is 0 Å². The van der Waals surface area contributed by atoms with E-state index < -0.39 is 0 Å². The molecule has 1 unspecified atom stereocenters. The van der Waals surface area contributed by atoms with Crippen molar-refractivity contribution in [3.63, 3.8) is 0 Å². The largest absolute Gasteiger partial charge is 0.465 e. The summed E-state index contributed by atoms with van der Waals surface area (Å²) in [7, 11) is 0. The van der Waals surface area contributed by atoms with E-state index in [0.717, 1.165) is 25.7 Å². The summed E-state index contributed by atoms with van der Waals surface area (Å²) in [6, 6.07) is 0. The zero-order chi connectivity index (χ0) is 11.5. The number of nitrogens with two attached hydrogens (primary N) is 1. The molecule has 0 aliphatic heterocycles. The van der Waals surface area contributed by atoms with Crippen molar-refractivity contribution in [1.82, 2.24) is 0 Å². The van der Waals surface area contributed by atoms with Gasteiger partial charge in [-0.3, -0.25) is 4.79 Å². The van der Waals surface area contributed by atoms with Crippen LogP contribution in [0.4, 0.5) is 0 Å². The van der Waals surface area contributed by atoms with E-state index in [1.807, 2.05) is 6.92 Å². The molecule has 0 spiro atoms. The zero-order valence-electron chi connectivity index (χ0n) is 10.1. The summed E-state index contributed by atoms with van der Waals surface area (Å²) in [6.45, 7) is 5.30. The average molecular weight is 215 g/mol. The Balaban J connectivity index is 3.38.